The first kappa shape index (κ1) is 18.4. The molecule has 4 rings (SSSR count). The van der Waals surface area contributed by atoms with E-state index in [0.717, 1.165) is 39.9 Å². The third kappa shape index (κ3) is 3.87. The highest BCUT2D eigenvalue weighted by atomic mass is 32.2. The zero-order valence-corrected chi connectivity index (χ0v) is 17.2. The van der Waals surface area contributed by atoms with E-state index < -0.39 is 0 Å². The quantitative estimate of drug-likeness (QED) is 0.332. The van der Waals surface area contributed by atoms with Crippen LogP contribution in [0.25, 0.3) is 10.2 Å². The first-order valence-electron chi connectivity index (χ1n) is 9.29. The number of carbonyl (C=O) groups excluding carboxylic acids is 1. The molecular formula is C21H22N2O2S2. The Morgan fingerprint density at radius 3 is 3.11 bits per heavy atom. The molecule has 4 nitrogen and oxygen atoms in total. The van der Waals surface area contributed by atoms with Gasteiger partial charge in [0, 0.05) is 16.0 Å². The second kappa shape index (κ2) is 7.98. The summed E-state index contributed by atoms with van der Waals surface area (Å²) in [5, 5.41) is 2.30. The number of nitrogens with zero attached hydrogens (tertiary/aromatic N) is 2. The normalized spacial score (nSPS) is 16.3. The maximum absolute atomic E-state index is 11.9. The van der Waals surface area contributed by atoms with E-state index in [1.165, 1.54) is 22.2 Å². The van der Waals surface area contributed by atoms with E-state index >= 15 is 0 Å². The Hall–Kier alpha value is -1.92. The number of hydrogen-bond donors (Lipinski definition) is 0. The highest BCUT2D eigenvalue weighted by Gasteiger charge is 2.23. The van der Waals surface area contributed by atoms with Crippen molar-refractivity contribution in [1.82, 2.24) is 9.97 Å². The Morgan fingerprint density at radius 1 is 1.37 bits per heavy atom. The van der Waals surface area contributed by atoms with Gasteiger partial charge in [-0.15, -0.1) is 23.1 Å². The van der Waals surface area contributed by atoms with E-state index in [9.17, 15) is 4.79 Å². The van der Waals surface area contributed by atoms with Crippen molar-refractivity contribution in [2.75, 3.05) is 6.61 Å². The summed E-state index contributed by atoms with van der Waals surface area (Å²) in [6, 6.07) is 7.66. The van der Waals surface area contributed by atoms with Crippen molar-refractivity contribution in [1.29, 1.82) is 0 Å². The van der Waals surface area contributed by atoms with Gasteiger partial charge in [-0.3, -0.25) is 0 Å². The van der Waals surface area contributed by atoms with E-state index in [1.807, 2.05) is 36.5 Å². The first-order valence-corrected chi connectivity index (χ1v) is 11.1. The van der Waals surface area contributed by atoms with Crippen LogP contribution in [0, 0.1) is 5.92 Å². The molecule has 0 spiro atoms. The molecule has 1 atom stereocenters. The van der Waals surface area contributed by atoms with Crippen LogP contribution in [0.1, 0.15) is 46.6 Å². The predicted octanol–water partition coefficient (Wildman–Crippen LogP) is 5.29. The third-order valence-corrected chi connectivity index (χ3v) is 7.09. The molecule has 1 aliphatic carbocycles. The van der Waals surface area contributed by atoms with Crippen LogP contribution in [0.4, 0.5) is 0 Å². The van der Waals surface area contributed by atoms with E-state index in [-0.39, 0.29) is 5.97 Å². The second-order valence-electron chi connectivity index (χ2n) is 6.92. The number of ether oxygens (including phenoxy) is 1. The Bertz CT molecular complexity index is 983. The van der Waals surface area contributed by atoms with Crippen molar-refractivity contribution in [3.8, 4) is 0 Å². The van der Waals surface area contributed by atoms with Crippen molar-refractivity contribution in [3.63, 3.8) is 0 Å². The predicted molar refractivity (Wildman–Crippen MR) is 111 cm³/mol. The number of fused-ring (bicyclic) bond motifs is 3. The smallest absolute Gasteiger partial charge is 0.338 e. The molecule has 0 saturated heterocycles. The number of aromatic nitrogens is 2. The van der Waals surface area contributed by atoms with Crippen LogP contribution in [-0.2, 0) is 23.3 Å². The fraction of sp³-hybridized carbons (Fsp3) is 0.381. The molecular weight excluding hydrogens is 376 g/mol. The lowest BCUT2D eigenvalue weighted by Gasteiger charge is -2.18. The van der Waals surface area contributed by atoms with Crippen molar-refractivity contribution in [3.05, 3.63) is 52.2 Å². The molecule has 1 aromatic carbocycles. The van der Waals surface area contributed by atoms with E-state index in [1.54, 1.807) is 24.2 Å². The lowest BCUT2D eigenvalue weighted by atomic mass is 9.89. The van der Waals surface area contributed by atoms with Crippen LogP contribution in [0.15, 0.2) is 35.6 Å². The van der Waals surface area contributed by atoms with Gasteiger partial charge < -0.3 is 4.74 Å². The number of aryl methyl sites for hydroxylation is 1. The summed E-state index contributed by atoms with van der Waals surface area (Å²) >= 11 is 3.54. The Morgan fingerprint density at radius 2 is 2.26 bits per heavy atom. The van der Waals surface area contributed by atoms with Crippen LogP contribution < -0.4 is 0 Å². The third-order valence-electron chi connectivity index (χ3n) is 4.87. The topological polar surface area (TPSA) is 52.1 Å². The monoisotopic (exact) mass is 398 g/mol. The van der Waals surface area contributed by atoms with Crippen molar-refractivity contribution < 1.29 is 9.53 Å². The van der Waals surface area contributed by atoms with E-state index in [4.69, 9.17) is 4.74 Å². The molecule has 0 aliphatic heterocycles. The molecule has 0 fully saturated rings. The number of rotatable bonds is 5. The Balaban J connectivity index is 1.58. The van der Waals surface area contributed by atoms with Crippen molar-refractivity contribution >= 4 is 39.3 Å². The number of benzene rings is 1. The van der Waals surface area contributed by atoms with Crippen LogP contribution in [0.2, 0.25) is 0 Å². The minimum atomic E-state index is -0.269. The van der Waals surface area contributed by atoms with Crippen molar-refractivity contribution in [2.24, 2.45) is 5.92 Å². The van der Waals surface area contributed by atoms with Gasteiger partial charge in [0.05, 0.1) is 12.2 Å². The van der Waals surface area contributed by atoms with Crippen molar-refractivity contribution in [2.45, 2.75) is 43.9 Å². The van der Waals surface area contributed by atoms with Crippen LogP contribution >= 0.6 is 23.1 Å². The fourth-order valence-corrected chi connectivity index (χ4v) is 5.89. The molecule has 140 valence electrons. The highest BCUT2D eigenvalue weighted by molar-refractivity contribution is 7.98. The summed E-state index contributed by atoms with van der Waals surface area (Å²) in [6.07, 6.45) is 5.18. The van der Waals surface area contributed by atoms with Gasteiger partial charge >= 0.3 is 5.97 Å². The van der Waals surface area contributed by atoms with E-state index in [2.05, 4.69) is 16.9 Å². The van der Waals surface area contributed by atoms with Crippen LogP contribution in [0.3, 0.4) is 0 Å². The zero-order chi connectivity index (χ0) is 18.8. The largest absolute Gasteiger partial charge is 0.462 e. The average molecular weight is 399 g/mol. The summed E-state index contributed by atoms with van der Waals surface area (Å²) in [5.74, 6) is 1.25. The summed E-state index contributed by atoms with van der Waals surface area (Å²) in [7, 11) is 0. The lowest BCUT2D eigenvalue weighted by Crippen LogP contribution is -2.08. The highest BCUT2D eigenvalue weighted by Crippen LogP contribution is 2.41. The first-order chi connectivity index (χ1) is 13.2. The SMILES string of the molecule is CCOC(=O)c1cccc(CSc2ncnc3sc4c(c23)CC[C@@H](C)C4)c1. The van der Waals surface area contributed by atoms with E-state index in [0.29, 0.717) is 12.2 Å². The summed E-state index contributed by atoms with van der Waals surface area (Å²) in [4.78, 5) is 23.6. The zero-order valence-electron chi connectivity index (χ0n) is 15.5. The summed E-state index contributed by atoms with van der Waals surface area (Å²) < 4.78 is 5.10. The molecule has 0 unspecified atom stereocenters. The van der Waals surface area contributed by atoms with Crippen LogP contribution in [0.5, 0.6) is 0 Å². The van der Waals surface area contributed by atoms with Crippen LogP contribution in [-0.4, -0.2) is 22.5 Å². The lowest BCUT2D eigenvalue weighted by molar-refractivity contribution is 0.0526. The number of esters is 1. The Labute approximate surface area is 167 Å². The second-order valence-corrected chi connectivity index (χ2v) is 8.97. The maximum Gasteiger partial charge on any atom is 0.338 e. The van der Waals surface area contributed by atoms with Gasteiger partial charge in [-0.05, 0) is 55.4 Å². The molecule has 0 saturated carbocycles. The molecule has 1 aliphatic rings. The van der Waals surface area contributed by atoms with Gasteiger partial charge in [-0.1, -0.05) is 19.1 Å². The molecule has 0 radical (unpaired) electrons. The molecule has 0 bridgehead atoms. The molecule has 0 N–H and O–H groups in total. The van der Waals surface area contributed by atoms with Gasteiger partial charge in [-0.25, -0.2) is 14.8 Å². The van der Waals surface area contributed by atoms with Gasteiger partial charge in [0.15, 0.2) is 0 Å². The molecule has 2 heterocycles. The van der Waals surface area contributed by atoms with Gasteiger partial charge in [0.25, 0.3) is 0 Å². The fourth-order valence-electron chi connectivity index (χ4n) is 3.51. The molecule has 2 aromatic heterocycles. The summed E-state index contributed by atoms with van der Waals surface area (Å²) in [6.45, 7) is 4.53. The molecule has 6 heteroatoms. The summed E-state index contributed by atoms with van der Waals surface area (Å²) in [5.41, 5.74) is 3.15. The Kier molecular flexibility index (Phi) is 5.45. The minimum absolute atomic E-state index is 0.269. The number of thioether (sulfide) groups is 1. The van der Waals surface area contributed by atoms with Gasteiger partial charge in [0.1, 0.15) is 16.2 Å². The molecule has 0 amide bonds. The minimum Gasteiger partial charge on any atom is -0.462 e. The molecule has 27 heavy (non-hydrogen) atoms. The standard InChI is InChI=1S/C21H22N2O2S2/c1-3-25-21(24)15-6-4-5-14(10-15)11-26-19-18-16-8-7-13(2)9-17(16)27-20(18)23-12-22-19/h4-6,10,12-13H,3,7-9,11H2,1-2H3/t13-/m1/s1. The van der Waals surface area contributed by atoms with Gasteiger partial charge in [0.2, 0.25) is 0 Å². The molecule has 3 aromatic rings. The number of hydrogen-bond acceptors (Lipinski definition) is 6. The number of carbonyl (C=O) groups is 1. The maximum atomic E-state index is 11.9. The average Bonchev–Trinajstić information content (AvgIpc) is 3.04. The van der Waals surface area contributed by atoms with Gasteiger partial charge in [-0.2, -0.15) is 0 Å². The number of thiophene rings is 1.